The van der Waals surface area contributed by atoms with E-state index in [1.807, 2.05) is 0 Å². The zero-order chi connectivity index (χ0) is 12.3. The summed E-state index contributed by atoms with van der Waals surface area (Å²) in [5.74, 6) is -1.37. The molecule has 1 aromatic rings. The van der Waals surface area contributed by atoms with Gasteiger partial charge in [0.25, 0.3) is 0 Å². The van der Waals surface area contributed by atoms with E-state index >= 15 is 0 Å². The van der Waals surface area contributed by atoms with Gasteiger partial charge in [-0.1, -0.05) is 11.6 Å². The van der Waals surface area contributed by atoms with Gasteiger partial charge in [-0.3, -0.25) is 10.1 Å². The van der Waals surface area contributed by atoms with Gasteiger partial charge in [0.1, 0.15) is 0 Å². The molecule has 0 saturated carbocycles. The van der Waals surface area contributed by atoms with E-state index in [9.17, 15) is 14.9 Å². The first-order valence-electron chi connectivity index (χ1n) is 4.25. The molecule has 6 nitrogen and oxygen atoms in total. The van der Waals surface area contributed by atoms with Gasteiger partial charge in [-0.25, -0.2) is 4.79 Å². The van der Waals surface area contributed by atoms with Crippen LogP contribution in [0, 0.1) is 10.1 Å². The average Bonchev–Trinajstić information content (AvgIpc) is 2.16. The zero-order valence-corrected chi connectivity index (χ0v) is 8.97. The molecule has 0 heterocycles. The molecule has 0 bridgehead atoms. The van der Waals surface area contributed by atoms with E-state index in [0.29, 0.717) is 0 Å². The molecule has 86 valence electrons. The smallest absolute Gasteiger partial charge is 0.344 e. The third-order valence-electron chi connectivity index (χ3n) is 1.77. The van der Waals surface area contributed by atoms with Crippen molar-refractivity contribution < 1.29 is 19.6 Å². The van der Waals surface area contributed by atoms with Crippen molar-refractivity contribution in [3.8, 4) is 5.75 Å². The molecule has 0 spiro atoms. The maximum absolute atomic E-state index is 10.6. The molecule has 1 rings (SSSR count). The number of rotatable bonds is 4. The minimum Gasteiger partial charge on any atom is -0.479 e. The van der Waals surface area contributed by atoms with Crippen LogP contribution >= 0.6 is 11.6 Å². The summed E-state index contributed by atoms with van der Waals surface area (Å²) in [4.78, 5) is 20.5. The van der Waals surface area contributed by atoms with Gasteiger partial charge in [-0.15, -0.1) is 0 Å². The number of benzene rings is 1. The van der Waals surface area contributed by atoms with E-state index in [-0.39, 0.29) is 16.5 Å². The molecule has 0 radical (unpaired) electrons. The van der Waals surface area contributed by atoms with Gasteiger partial charge in [0, 0.05) is 17.2 Å². The molecule has 0 aliphatic heterocycles. The second kappa shape index (κ2) is 4.80. The topological polar surface area (TPSA) is 89.7 Å². The number of hydrogen-bond donors (Lipinski definition) is 1. The lowest BCUT2D eigenvalue weighted by molar-refractivity contribution is -0.386. The summed E-state index contributed by atoms with van der Waals surface area (Å²) in [6, 6.07) is 3.70. The van der Waals surface area contributed by atoms with Crippen molar-refractivity contribution in [3.05, 3.63) is 33.3 Å². The molecular weight excluding hydrogens is 238 g/mol. The maximum atomic E-state index is 10.6. The first-order chi connectivity index (χ1) is 7.41. The fraction of sp³-hybridized carbons (Fsp3) is 0.222. The fourth-order valence-electron chi connectivity index (χ4n) is 0.974. The number of carboxylic acid groups (broad SMARTS) is 1. The third-order valence-corrected chi connectivity index (χ3v) is 2.01. The van der Waals surface area contributed by atoms with Gasteiger partial charge < -0.3 is 9.84 Å². The maximum Gasteiger partial charge on any atom is 0.344 e. The lowest BCUT2D eigenvalue weighted by Crippen LogP contribution is -2.23. The lowest BCUT2D eigenvalue weighted by Gasteiger charge is -2.10. The highest BCUT2D eigenvalue weighted by Gasteiger charge is 2.20. The number of halogens is 1. The van der Waals surface area contributed by atoms with Crippen molar-refractivity contribution in [3.63, 3.8) is 0 Å². The van der Waals surface area contributed by atoms with Crippen molar-refractivity contribution in [2.24, 2.45) is 0 Å². The first-order valence-corrected chi connectivity index (χ1v) is 4.63. The number of carbonyl (C=O) groups is 1. The lowest BCUT2D eigenvalue weighted by atomic mass is 10.3. The van der Waals surface area contributed by atoms with Crippen LogP contribution in [-0.4, -0.2) is 22.1 Å². The SMILES string of the molecule is CC(Oc1cc(Cl)ccc1[N+](=O)[O-])C(=O)O. The summed E-state index contributed by atoms with van der Waals surface area (Å²) in [6.45, 7) is 1.27. The quantitative estimate of drug-likeness (QED) is 0.648. The number of nitro benzene ring substituents is 1. The van der Waals surface area contributed by atoms with E-state index in [0.717, 1.165) is 6.07 Å². The van der Waals surface area contributed by atoms with E-state index in [1.54, 1.807) is 0 Å². The van der Waals surface area contributed by atoms with Crippen LogP contribution in [0.2, 0.25) is 5.02 Å². The molecule has 1 unspecified atom stereocenters. The number of hydrogen-bond acceptors (Lipinski definition) is 4. The Balaban J connectivity index is 3.05. The van der Waals surface area contributed by atoms with Crippen LogP contribution < -0.4 is 4.74 Å². The largest absolute Gasteiger partial charge is 0.479 e. The van der Waals surface area contributed by atoms with Crippen molar-refractivity contribution in [1.82, 2.24) is 0 Å². The Morgan fingerprint density at radius 1 is 1.62 bits per heavy atom. The molecular formula is C9H8ClNO5. The van der Waals surface area contributed by atoms with Crippen LogP contribution in [0.25, 0.3) is 0 Å². The Bertz CT molecular complexity index is 434. The van der Waals surface area contributed by atoms with Gasteiger partial charge in [-0.2, -0.15) is 0 Å². The van der Waals surface area contributed by atoms with Crippen molar-refractivity contribution in [2.75, 3.05) is 0 Å². The second-order valence-electron chi connectivity index (χ2n) is 2.97. The van der Waals surface area contributed by atoms with Gasteiger partial charge in [0.05, 0.1) is 4.92 Å². The van der Waals surface area contributed by atoms with Gasteiger partial charge in [-0.05, 0) is 13.0 Å². The van der Waals surface area contributed by atoms with Crippen LogP contribution in [0.1, 0.15) is 6.92 Å². The highest BCUT2D eigenvalue weighted by molar-refractivity contribution is 6.30. The van der Waals surface area contributed by atoms with Crippen molar-refractivity contribution >= 4 is 23.3 Å². The molecule has 1 atom stereocenters. The average molecular weight is 246 g/mol. The highest BCUT2D eigenvalue weighted by Crippen LogP contribution is 2.30. The minimum absolute atomic E-state index is 0.160. The first kappa shape index (κ1) is 12.3. The van der Waals surface area contributed by atoms with Crippen molar-refractivity contribution in [1.29, 1.82) is 0 Å². The number of nitrogens with zero attached hydrogens (tertiary/aromatic N) is 1. The summed E-state index contributed by atoms with van der Waals surface area (Å²) in [6.07, 6.45) is -1.18. The molecule has 0 amide bonds. The summed E-state index contributed by atoms with van der Waals surface area (Å²) >= 11 is 5.63. The normalized spacial score (nSPS) is 11.9. The molecule has 16 heavy (non-hydrogen) atoms. The summed E-state index contributed by atoms with van der Waals surface area (Å²) in [5.41, 5.74) is -0.322. The number of aliphatic carboxylic acids is 1. The van der Waals surface area contributed by atoms with Gasteiger partial charge >= 0.3 is 11.7 Å². The Morgan fingerprint density at radius 3 is 2.75 bits per heavy atom. The predicted molar refractivity (Wildman–Crippen MR) is 55.8 cm³/mol. The molecule has 1 aromatic carbocycles. The summed E-state index contributed by atoms with van der Waals surface area (Å²) in [5, 5.41) is 19.5. The monoisotopic (exact) mass is 245 g/mol. The Hall–Kier alpha value is -1.82. The Kier molecular flexibility index (Phi) is 3.68. The van der Waals surface area contributed by atoms with E-state index in [2.05, 4.69) is 0 Å². The van der Waals surface area contributed by atoms with Crippen LogP contribution in [0.4, 0.5) is 5.69 Å². The zero-order valence-electron chi connectivity index (χ0n) is 8.21. The molecule has 1 N–H and O–H groups in total. The van der Waals surface area contributed by atoms with Gasteiger partial charge in [0.2, 0.25) is 0 Å². The second-order valence-corrected chi connectivity index (χ2v) is 3.40. The Morgan fingerprint density at radius 2 is 2.25 bits per heavy atom. The molecule has 0 aliphatic carbocycles. The molecule has 7 heteroatoms. The molecule has 0 aliphatic rings. The van der Waals surface area contributed by atoms with Crippen LogP contribution in [0.15, 0.2) is 18.2 Å². The summed E-state index contributed by atoms with van der Waals surface area (Å²) < 4.78 is 4.92. The number of nitro groups is 1. The number of ether oxygens (including phenoxy) is 1. The molecule has 0 saturated heterocycles. The standard InChI is InChI=1S/C9H8ClNO5/c1-5(9(12)13)16-8-4-6(10)2-3-7(8)11(14)15/h2-5H,1H3,(H,12,13). The third kappa shape index (κ3) is 2.83. The predicted octanol–water partition coefficient (Wildman–Crippen LogP) is 2.10. The van der Waals surface area contributed by atoms with Crippen molar-refractivity contribution in [2.45, 2.75) is 13.0 Å². The van der Waals surface area contributed by atoms with E-state index < -0.39 is 17.0 Å². The van der Waals surface area contributed by atoms with Gasteiger partial charge in [0.15, 0.2) is 11.9 Å². The highest BCUT2D eigenvalue weighted by atomic mass is 35.5. The fourth-order valence-corrected chi connectivity index (χ4v) is 1.14. The van der Waals surface area contributed by atoms with E-state index in [1.165, 1.54) is 19.1 Å². The van der Waals surface area contributed by atoms with Crippen LogP contribution in [0.3, 0.4) is 0 Å². The summed E-state index contributed by atoms with van der Waals surface area (Å²) in [7, 11) is 0. The van der Waals surface area contributed by atoms with E-state index in [4.69, 9.17) is 21.4 Å². The molecule has 0 fully saturated rings. The number of carboxylic acids is 1. The van der Waals surface area contributed by atoms with Crippen LogP contribution in [0.5, 0.6) is 5.75 Å². The minimum atomic E-state index is -1.21. The van der Waals surface area contributed by atoms with Crippen LogP contribution in [-0.2, 0) is 4.79 Å². The Labute approximate surface area is 95.6 Å². The molecule has 0 aromatic heterocycles.